The highest BCUT2D eigenvalue weighted by Gasteiger charge is 2.16. The standard InChI is InChI=1S/C15H27N3O2/c1-10(2)14(8-9-19)16-15(20)7-6-13-11(3)17-18(5)12(13)4/h10,14,19H,6-9H2,1-5H3,(H,16,20). The molecule has 0 aromatic carbocycles. The van der Waals surface area contributed by atoms with Crippen LogP contribution in [-0.4, -0.2) is 33.4 Å². The Hall–Kier alpha value is -1.36. The maximum atomic E-state index is 12.0. The van der Waals surface area contributed by atoms with Gasteiger partial charge in [-0.1, -0.05) is 13.8 Å². The Morgan fingerprint density at radius 3 is 2.50 bits per heavy atom. The Kier molecular flexibility index (Phi) is 6.20. The molecular weight excluding hydrogens is 254 g/mol. The van der Waals surface area contributed by atoms with Gasteiger partial charge in [-0.25, -0.2) is 0 Å². The predicted octanol–water partition coefficient (Wildman–Crippen LogP) is 1.49. The molecule has 1 aromatic heterocycles. The first-order valence-electron chi connectivity index (χ1n) is 7.26. The summed E-state index contributed by atoms with van der Waals surface area (Å²) in [5, 5.41) is 16.4. The molecule has 2 N–H and O–H groups in total. The summed E-state index contributed by atoms with van der Waals surface area (Å²) in [5.41, 5.74) is 3.27. The van der Waals surface area contributed by atoms with Crippen molar-refractivity contribution in [3.05, 3.63) is 17.0 Å². The molecule has 1 rings (SSSR count). The average Bonchev–Trinajstić information content (AvgIpc) is 2.60. The van der Waals surface area contributed by atoms with Crippen LogP contribution in [0.5, 0.6) is 0 Å². The van der Waals surface area contributed by atoms with E-state index in [1.54, 1.807) is 0 Å². The van der Waals surface area contributed by atoms with Crippen molar-refractivity contribution in [2.45, 2.75) is 53.0 Å². The van der Waals surface area contributed by atoms with Crippen molar-refractivity contribution in [3.8, 4) is 0 Å². The van der Waals surface area contributed by atoms with Gasteiger partial charge in [0.25, 0.3) is 0 Å². The van der Waals surface area contributed by atoms with Crippen molar-refractivity contribution in [1.82, 2.24) is 15.1 Å². The number of hydrogen-bond acceptors (Lipinski definition) is 3. The predicted molar refractivity (Wildman–Crippen MR) is 79.5 cm³/mol. The highest BCUT2D eigenvalue weighted by molar-refractivity contribution is 5.76. The van der Waals surface area contributed by atoms with Gasteiger partial charge >= 0.3 is 0 Å². The third-order valence-electron chi connectivity index (χ3n) is 3.85. The van der Waals surface area contributed by atoms with Crippen LogP contribution in [0, 0.1) is 19.8 Å². The Balaban J connectivity index is 2.54. The number of carbonyl (C=O) groups excluding carboxylic acids is 1. The Labute approximate surface area is 121 Å². The number of rotatable bonds is 7. The SMILES string of the molecule is Cc1nn(C)c(C)c1CCC(=O)NC(CCO)C(C)C. The van der Waals surface area contributed by atoms with E-state index in [2.05, 4.69) is 24.3 Å². The monoisotopic (exact) mass is 281 g/mol. The van der Waals surface area contributed by atoms with Crippen LogP contribution in [0.3, 0.4) is 0 Å². The molecule has 0 aliphatic heterocycles. The van der Waals surface area contributed by atoms with Crippen LogP contribution in [0.4, 0.5) is 0 Å². The normalized spacial score (nSPS) is 12.8. The molecule has 0 fully saturated rings. The lowest BCUT2D eigenvalue weighted by atomic mass is 10.0. The minimum Gasteiger partial charge on any atom is -0.396 e. The van der Waals surface area contributed by atoms with Crippen molar-refractivity contribution in [2.24, 2.45) is 13.0 Å². The van der Waals surface area contributed by atoms with Gasteiger partial charge in [0.1, 0.15) is 0 Å². The summed E-state index contributed by atoms with van der Waals surface area (Å²) in [6.07, 6.45) is 1.78. The molecule has 0 aliphatic carbocycles. The first-order valence-corrected chi connectivity index (χ1v) is 7.26. The summed E-state index contributed by atoms with van der Waals surface area (Å²) < 4.78 is 1.85. The molecule has 1 aromatic rings. The number of aliphatic hydroxyl groups excluding tert-OH is 1. The first kappa shape index (κ1) is 16.7. The summed E-state index contributed by atoms with van der Waals surface area (Å²) in [7, 11) is 1.92. The molecule has 0 saturated heterocycles. The second kappa shape index (κ2) is 7.43. The number of aryl methyl sites for hydroxylation is 2. The van der Waals surface area contributed by atoms with Crippen LogP contribution < -0.4 is 5.32 Å². The van der Waals surface area contributed by atoms with E-state index in [1.807, 2.05) is 25.6 Å². The third-order valence-corrected chi connectivity index (χ3v) is 3.85. The maximum absolute atomic E-state index is 12.0. The molecule has 5 heteroatoms. The van der Waals surface area contributed by atoms with Crippen LogP contribution in [0.1, 0.15) is 43.6 Å². The van der Waals surface area contributed by atoms with E-state index in [9.17, 15) is 4.79 Å². The number of amides is 1. The lowest BCUT2D eigenvalue weighted by Crippen LogP contribution is -2.39. The average molecular weight is 281 g/mol. The van der Waals surface area contributed by atoms with Gasteiger partial charge in [0, 0.05) is 31.8 Å². The van der Waals surface area contributed by atoms with Gasteiger partial charge in [0.15, 0.2) is 0 Å². The summed E-state index contributed by atoms with van der Waals surface area (Å²) in [4.78, 5) is 12.0. The van der Waals surface area contributed by atoms with Gasteiger partial charge < -0.3 is 10.4 Å². The van der Waals surface area contributed by atoms with E-state index in [-0.39, 0.29) is 18.6 Å². The zero-order valence-electron chi connectivity index (χ0n) is 13.2. The van der Waals surface area contributed by atoms with Crippen molar-refractivity contribution in [1.29, 1.82) is 0 Å². The number of nitrogens with one attached hydrogen (secondary N) is 1. The fraction of sp³-hybridized carbons (Fsp3) is 0.733. The van der Waals surface area contributed by atoms with E-state index in [0.717, 1.165) is 17.0 Å². The van der Waals surface area contributed by atoms with E-state index >= 15 is 0 Å². The summed E-state index contributed by atoms with van der Waals surface area (Å²) in [6, 6.07) is 0.0450. The fourth-order valence-electron chi connectivity index (χ4n) is 2.41. The van der Waals surface area contributed by atoms with Crippen molar-refractivity contribution in [2.75, 3.05) is 6.61 Å². The van der Waals surface area contributed by atoms with E-state index in [1.165, 1.54) is 0 Å². The number of nitrogens with zero attached hydrogens (tertiary/aromatic N) is 2. The Bertz CT molecular complexity index is 452. The van der Waals surface area contributed by atoms with Crippen LogP contribution in [0.15, 0.2) is 0 Å². The van der Waals surface area contributed by atoms with Crippen LogP contribution in [0.25, 0.3) is 0 Å². The molecule has 0 aliphatic rings. The molecule has 1 heterocycles. The molecule has 1 unspecified atom stereocenters. The van der Waals surface area contributed by atoms with Gasteiger partial charge in [-0.3, -0.25) is 9.48 Å². The van der Waals surface area contributed by atoms with Crippen LogP contribution in [-0.2, 0) is 18.3 Å². The fourth-order valence-corrected chi connectivity index (χ4v) is 2.41. The highest BCUT2D eigenvalue weighted by atomic mass is 16.3. The van der Waals surface area contributed by atoms with E-state index < -0.39 is 0 Å². The summed E-state index contributed by atoms with van der Waals surface area (Å²) in [6.45, 7) is 8.20. The molecule has 114 valence electrons. The molecule has 20 heavy (non-hydrogen) atoms. The molecule has 0 saturated carbocycles. The minimum atomic E-state index is 0.0415. The molecule has 0 bridgehead atoms. The third kappa shape index (κ3) is 4.34. The number of aliphatic hydroxyl groups is 1. The molecular formula is C15H27N3O2. The van der Waals surface area contributed by atoms with Crippen LogP contribution in [0.2, 0.25) is 0 Å². The Morgan fingerprint density at radius 1 is 1.40 bits per heavy atom. The summed E-state index contributed by atoms with van der Waals surface area (Å²) in [5.74, 6) is 0.368. The highest BCUT2D eigenvalue weighted by Crippen LogP contribution is 2.14. The largest absolute Gasteiger partial charge is 0.396 e. The van der Waals surface area contributed by atoms with Gasteiger partial charge in [-0.15, -0.1) is 0 Å². The van der Waals surface area contributed by atoms with Gasteiger partial charge in [0.2, 0.25) is 5.91 Å². The minimum absolute atomic E-state index is 0.0415. The molecule has 0 radical (unpaired) electrons. The first-order chi connectivity index (χ1) is 9.36. The van der Waals surface area contributed by atoms with Gasteiger partial charge in [-0.05, 0) is 38.2 Å². The zero-order valence-corrected chi connectivity index (χ0v) is 13.2. The van der Waals surface area contributed by atoms with Crippen molar-refractivity contribution >= 4 is 5.91 Å². The molecule has 1 amide bonds. The van der Waals surface area contributed by atoms with Crippen molar-refractivity contribution in [3.63, 3.8) is 0 Å². The number of carbonyl (C=O) groups is 1. The quantitative estimate of drug-likeness (QED) is 0.796. The lowest BCUT2D eigenvalue weighted by molar-refractivity contribution is -0.122. The number of hydrogen-bond donors (Lipinski definition) is 2. The lowest BCUT2D eigenvalue weighted by Gasteiger charge is -2.21. The summed E-state index contributed by atoms with van der Waals surface area (Å²) >= 11 is 0. The maximum Gasteiger partial charge on any atom is 0.220 e. The van der Waals surface area contributed by atoms with Gasteiger partial charge in [-0.2, -0.15) is 5.10 Å². The zero-order chi connectivity index (χ0) is 15.3. The smallest absolute Gasteiger partial charge is 0.220 e. The van der Waals surface area contributed by atoms with E-state index in [0.29, 0.717) is 25.2 Å². The second-order valence-corrected chi connectivity index (χ2v) is 5.70. The topological polar surface area (TPSA) is 67.2 Å². The molecule has 1 atom stereocenters. The van der Waals surface area contributed by atoms with Crippen molar-refractivity contribution < 1.29 is 9.90 Å². The van der Waals surface area contributed by atoms with E-state index in [4.69, 9.17) is 5.11 Å². The second-order valence-electron chi connectivity index (χ2n) is 5.70. The molecule has 5 nitrogen and oxygen atoms in total. The number of aromatic nitrogens is 2. The van der Waals surface area contributed by atoms with Gasteiger partial charge in [0.05, 0.1) is 5.69 Å². The molecule has 0 spiro atoms. The Morgan fingerprint density at radius 2 is 2.05 bits per heavy atom. The van der Waals surface area contributed by atoms with Crippen LogP contribution >= 0.6 is 0 Å².